The quantitative estimate of drug-likeness (QED) is 0.651. The molecule has 0 bridgehead atoms. The predicted octanol–water partition coefficient (Wildman–Crippen LogP) is 1.42. The van der Waals surface area contributed by atoms with Crippen LogP contribution in [0.1, 0.15) is 33.1 Å². The Labute approximate surface area is 113 Å². The largest absolute Gasteiger partial charge is 0.392 e. The highest BCUT2D eigenvalue weighted by atomic mass is 16.7. The molecule has 6 atom stereocenters. The Morgan fingerprint density at radius 1 is 1.32 bits per heavy atom. The van der Waals surface area contributed by atoms with Crippen LogP contribution in [-0.2, 0) is 9.47 Å². The van der Waals surface area contributed by atoms with Gasteiger partial charge in [0, 0.05) is 5.92 Å². The Morgan fingerprint density at radius 2 is 2.11 bits per heavy atom. The molecular formula is C15H22O4. The van der Waals surface area contributed by atoms with Gasteiger partial charge in [0.2, 0.25) is 0 Å². The van der Waals surface area contributed by atoms with Gasteiger partial charge in [-0.3, -0.25) is 0 Å². The Kier molecular flexibility index (Phi) is 2.34. The zero-order chi connectivity index (χ0) is 13.4. The number of aliphatic hydroxyl groups is 2. The predicted molar refractivity (Wildman–Crippen MR) is 68.0 cm³/mol. The number of hydrogen-bond donors (Lipinski definition) is 2. The zero-order valence-electron chi connectivity index (χ0n) is 11.5. The summed E-state index contributed by atoms with van der Waals surface area (Å²) in [6.07, 6.45) is 3.12. The molecule has 19 heavy (non-hydrogen) atoms. The summed E-state index contributed by atoms with van der Waals surface area (Å²) in [7, 11) is 0. The highest BCUT2D eigenvalue weighted by molar-refractivity contribution is 5.28. The normalized spacial score (nSPS) is 54.5. The van der Waals surface area contributed by atoms with Gasteiger partial charge in [-0.2, -0.15) is 0 Å². The van der Waals surface area contributed by atoms with Crippen molar-refractivity contribution in [2.24, 2.45) is 22.7 Å². The Balaban J connectivity index is 1.90. The van der Waals surface area contributed by atoms with Gasteiger partial charge in [-0.1, -0.05) is 19.9 Å². The lowest BCUT2D eigenvalue weighted by Gasteiger charge is -2.57. The van der Waals surface area contributed by atoms with Crippen molar-refractivity contribution < 1.29 is 19.7 Å². The van der Waals surface area contributed by atoms with E-state index in [1.54, 1.807) is 0 Å². The van der Waals surface area contributed by atoms with E-state index in [2.05, 4.69) is 19.9 Å². The molecule has 0 aromatic rings. The molecule has 2 aliphatic heterocycles. The fraction of sp³-hybridized carbons (Fsp3) is 0.867. The molecule has 4 heteroatoms. The van der Waals surface area contributed by atoms with E-state index < -0.39 is 17.8 Å². The van der Waals surface area contributed by atoms with Crippen molar-refractivity contribution >= 4 is 0 Å². The van der Waals surface area contributed by atoms with Crippen LogP contribution in [-0.4, -0.2) is 35.5 Å². The highest BCUT2D eigenvalue weighted by Gasteiger charge is 2.70. The molecular weight excluding hydrogens is 244 g/mol. The van der Waals surface area contributed by atoms with Crippen molar-refractivity contribution in [1.82, 2.24) is 0 Å². The van der Waals surface area contributed by atoms with Crippen molar-refractivity contribution in [2.45, 2.75) is 51.8 Å². The topological polar surface area (TPSA) is 58.9 Å². The number of allylic oxidation sites excluding steroid dienone is 1. The van der Waals surface area contributed by atoms with E-state index in [4.69, 9.17) is 9.47 Å². The molecule has 0 unspecified atom stereocenters. The van der Waals surface area contributed by atoms with Crippen LogP contribution in [0.4, 0.5) is 0 Å². The summed E-state index contributed by atoms with van der Waals surface area (Å²) < 4.78 is 11.3. The van der Waals surface area contributed by atoms with Gasteiger partial charge in [-0.25, -0.2) is 0 Å². The van der Waals surface area contributed by atoms with Gasteiger partial charge < -0.3 is 19.7 Å². The highest BCUT2D eigenvalue weighted by Crippen LogP contribution is 2.66. The Bertz CT molecular complexity index is 437. The standard InChI is InChI=1S/C15H22O4/c1-14(2)6-5-10(16)15-9(14)4-3-8-7-18-12(11(8)15)19-13(15)17/h3,9-13,16-17H,4-7H2,1-2H3/t9-,10+,11-,12-,13+,15+/m1/s1. The molecule has 0 radical (unpaired) electrons. The maximum absolute atomic E-state index is 10.7. The third kappa shape index (κ3) is 1.29. The lowest BCUT2D eigenvalue weighted by Crippen LogP contribution is -2.60. The van der Waals surface area contributed by atoms with Crippen LogP contribution in [0.3, 0.4) is 0 Å². The van der Waals surface area contributed by atoms with Crippen LogP contribution < -0.4 is 0 Å². The average molecular weight is 266 g/mol. The SMILES string of the molecule is CC1(C)CC[C@H](O)[C@]23[C@@H]4C(=CC[C@H]12)CO[C@@H]4O[C@@H]3O. The van der Waals surface area contributed by atoms with Gasteiger partial charge in [0.05, 0.1) is 18.1 Å². The average Bonchev–Trinajstić information content (AvgIpc) is 2.89. The molecule has 4 aliphatic rings. The van der Waals surface area contributed by atoms with Crippen molar-refractivity contribution in [3.8, 4) is 0 Å². The summed E-state index contributed by atoms with van der Waals surface area (Å²) in [5, 5.41) is 21.3. The second kappa shape index (κ2) is 3.61. The molecule has 4 rings (SSSR count). The minimum atomic E-state index is -0.911. The number of hydrogen-bond acceptors (Lipinski definition) is 4. The molecule has 1 saturated carbocycles. The molecule has 2 heterocycles. The van der Waals surface area contributed by atoms with Crippen molar-refractivity contribution in [2.75, 3.05) is 6.61 Å². The van der Waals surface area contributed by atoms with E-state index in [1.807, 2.05) is 0 Å². The fourth-order valence-electron chi connectivity index (χ4n) is 5.19. The van der Waals surface area contributed by atoms with Gasteiger partial charge in [0.15, 0.2) is 12.6 Å². The summed E-state index contributed by atoms with van der Waals surface area (Å²) in [5.74, 6) is 0.287. The lowest BCUT2D eigenvalue weighted by molar-refractivity contribution is -0.238. The van der Waals surface area contributed by atoms with Crippen LogP contribution in [0.15, 0.2) is 11.6 Å². The summed E-state index contributed by atoms with van der Waals surface area (Å²) in [5.41, 5.74) is 0.769. The molecule has 2 aliphatic carbocycles. The van der Waals surface area contributed by atoms with Crippen LogP contribution in [0.25, 0.3) is 0 Å². The maximum atomic E-state index is 10.7. The van der Waals surface area contributed by atoms with E-state index in [1.165, 1.54) is 5.57 Å². The summed E-state index contributed by atoms with van der Waals surface area (Å²) in [6.45, 7) is 5.09. The minimum Gasteiger partial charge on any atom is -0.392 e. The lowest BCUT2D eigenvalue weighted by atomic mass is 9.47. The van der Waals surface area contributed by atoms with Crippen LogP contribution in [0, 0.1) is 22.7 Å². The van der Waals surface area contributed by atoms with Gasteiger partial charge in [-0.05, 0) is 36.2 Å². The molecule has 4 nitrogen and oxygen atoms in total. The fourth-order valence-corrected chi connectivity index (χ4v) is 5.19. The van der Waals surface area contributed by atoms with Crippen LogP contribution in [0.2, 0.25) is 0 Å². The second-order valence-electron chi connectivity index (χ2n) is 7.26. The molecule has 0 aromatic heterocycles. The van der Waals surface area contributed by atoms with Crippen LogP contribution in [0.5, 0.6) is 0 Å². The molecule has 0 amide bonds. The van der Waals surface area contributed by atoms with E-state index in [9.17, 15) is 10.2 Å². The summed E-state index contributed by atoms with van der Waals surface area (Å²) >= 11 is 0. The van der Waals surface area contributed by atoms with Crippen molar-refractivity contribution in [1.29, 1.82) is 0 Å². The van der Waals surface area contributed by atoms with Gasteiger partial charge >= 0.3 is 0 Å². The molecule has 1 spiro atoms. The number of ether oxygens (including phenoxy) is 2. The Hall–Kier alpha value is -0.420. The maximum Gasteiger partial charge on any atom is 0.168 e. The third-order valence-corrected chi connectivity index (χ3v) is 6.12. The first kappa shape index (κ1) is 12.3. The molecule has 106 valence electrons. The van der Waals surface area contributed by atoms with E-state index in [0.29, 0.717) is 6.61 Å². The first-order valence-electron chi connectivity index (χ1n) is 7.30. The summed E-state index contributed by atoms with van der Waals surface area (Å²) in [4.78, 5) is 0. The van der Waals surface area contributed by atoms with Crippen molar-refractivity contribution in [3.63, 3.8) is 0 Å². The molecule has 2 N–H and O–H groups in total. The minimum absolute atomic E-state index is 0.0378. The molecule has 3 fully saturated rings. The van der Waals surface area contributed by atoms with Crippen molar-refractivity contribution in [3.05, 3.63) is 11.6 Å². The van der Waals surface area contributed by atoms with Gasteiger partial charge in [-0.15, -0.1) is 0 Å². The van der Waals surface area contributed by atoms with E-state index >= 15 is 0 Å². The Morgan fingerprint density at radius 3 is 2.89 bits per heavy atom. The first-order chi connectivity index (χ1) is 8.98. The van der Waals surface area contributed by atoms with E-state index in [-0.39, 0.29) is 23.5 Å². The number of rotatable bonds is 0. The van der Waals surface area contributed by atoms with Gasteiger partial charge in [0.1, 0.15) is 0 Å². The smallest absolute Gasteiger partial charge is 0.168 e. The molecule has 2 saturated heterocycles. The molecule has 0 aromatic carbocycles. The van der Waals surface area contributed by atoms with Gasteiger partial charge in [0.25, 0.3) is 0 Å². The third-order valence-electron chi connectivity index (χ3n) is 6.12. The van der Waals surface area contributed by atoms with Crippen LogP contribution >= 0.6 is 0 Å². The second-order valence-corrected chi connectivity index (χ2v) is 7.26. The van der Waals surface area contributed by atoms with E-state index in [0.717, 1.165) is 19.3 Å². The zero-order valence-corrected chi connectivity index (χ0v) is 11.5. The summed E-state index contributed by atoms with van der Waals surface area (Å²) in [6, 6.07) is 0. The number of aliphatic hydroxyl groups excluding tert-OH is 2. The monoisotopic (exact) mass is 266 g/mol. The first-order valence-corrected chi connectivity index (χ1v) is 7.30.